The van der Waals surface area contributed by atoms with Crippen molar-refractivity contribution < 1.29 is 9.57 Å². The minimum Gasteiger partial charge on any atom is -0.497 e. The van der Waals surface area contributed by atoms with E-state index in [0.29, 0.717) is 6.04 Å². The number of hydrogen-bond donors (Lipinski definition) is 0. The molecule has 0 bridgehead atoms. The normalized spacial score (nSPS) is 24.7. The van der Waals surface area contributed by atoms with Crippen molar-refractivity contribution in [1.82, 2.24) is 5.06 Å². The van der Waals surface area contributed by atoms with Gasteiger partial charge >= 0.3 is 0 Å². The van der Waals surface area contributed by atoms with Crippen LogP contribution in [0.5, 0.6) is 5.75 Å². The maximum absolute atomic E-state index is 6.00. The van der Waals surface area contributed by atoms with Gasteiger partial charge in [0, 0.05) is 17.2 Å². The molecule has 0 N–H and O–H groups in total. The van der Waals surface area contributed by atoms with E-state index in [1.165, 1.54) is 0 Å². The first kappa shape index (κ1) is 13.2. The van der Waals surface area contributed by atoms with Gasteiger partial charge in [0.05, 0.1) is 7.11 Å². The molecule has 0 radical (unpaired) electrons. The highest BCUT2D eigenvalue weighted by Crippen LogP contribution is 2.51. The molecule has 20 heavy (non-hydrogen) atoms. The van der Waals surface area contributed by atoms with Crippen LogP contribution in [0.4, 0.5) is 0 Å². The van der Waals surface area contributed by atoms with Gasteiger partial charge in [0.1, 0.15) is 5.75 Å². The van der Waals surface area contributed by atoms with Crippen molar-refractivity contribution in [3.05, 3.63) is 65.7 Å². The third-order valence-electron chi connectivity index (χ3n) is 3.62. The van der Waals surface area contributed by atoms with Crippen molar-refractivity contribution in [2.75, 3.05) is 7.11 Å². The van der Waals surface area contributed by atoms with E-state index in [-0.39, 0.29) is 0 Å². The number of ether oxygens (including phenoxy) is 1. The molecule has 0 aromatic heterocycles. The minimum absolute atomic E-state index is 0.317. The summed E-state index contributed by atoms with van der Waals surface area (Å²) < 4.78 is 5.23. The number of nitrogens with zero attached hydrogens (tertiary/aromatic N) is 1. The summed E-state index contributed by atoms with van der Waals surface area (Å²) in [7, 11) is 1.68. The second-order valence-electron chi connectivity index (χ2n) is 5.25. The number of methoxy groups -OCH3 is 1. The monoisotopic (exact) mass is 269 g/mol. The average molecular weight is 269 g/mol. The highest BCUT2D eigenvalue weighted by atomic mass is 16.9. The van der Waals surface area contributed by atoms with E-state index in [1.54, 1.807) is 7.11 Å². The fourth-order valence-corrected chi connectivity index (χ4v) is 2.60. The summed E-state index contributed by atoms with van der Waals surface area (Å²) in [5, 5.41) is 2.03. The summed E-state index contributed by atoms with van der Waals surface area (Å²) >= 11 is 0. The zero-order chi connectivity index (χ0) is 14.2. The maximum Gasteiger partial charge on any atom is 0.215 e. The SMILES string of the molecule is COc1ccc([C@@]2(c3ccccc3)ON2C(C)C)cc1. The van der Waals surface area contributed by atoms with E-state index in [4.69, 9.17) is 9.57 Å². The van der Waals surface area contributed by atoms with Crippen molar-refractivity contribution >= 4 is 0 Å². The number of rotatable bonds is 4. The molecule has 0 saturated carbocycles. The van der Waals surface area contributed by atoms with E-state index in [0.717, 1.165) is 16.9 Å². The molecule has 3 heteroatoms. The van der Waals surface area contributed by atoms with E-state index in [9.17, 15) is 0 Å². The molecule has 1 saturated heterocycles. The molecular formula is C17H19NO2. The number of benzene rings is 2. The van der Waals surface area contributed by atoms with E-state index < -0.39 is 5.72 Å². The van der Waals surface area contributed by atoms with Crippen LogP contribution in [0.25, 0.3) is 0 Å². The van der Waals surface area contributed by atoms with Gasteiger partial charge in [-0.05, 0) is 26.0 Å². The zero-order valence-electron chi connectivity index (χ0n) is 12.0. The molecule has 3 nitrogen and oxygen atoms in total. The van der Waals surface area contributed by atoms with Gasteiger partial charge in [-0.1, -0.05) is 42.5 Å². The molecule has 1 fully saturated rings. The summed E-state index contributed by atoms with van der Waals surface area (Å²) in [4.78, 5) is 6.00. The van der Waals surface area contributed by atoms with Gasteiger partial charge in [-0.3, -0.25) is 4.84 Å². The van der Waals surface area contributed by atoms with Gasteiger partial charge in [-0.2, -0.15) is 0 Å². The first-order chi connectivity index (χ1) is 9.68. The Hall–Kier alpha value is -1.84. The zero-order valence-corrected chi connectivity index (χ0v) is 12.0. The average Bonchev–Trinajstić information content (AvgIpc) is 3.25. The molecule has 1 heterocycles. The Morgan fingerprint density at radius 1 is 0.950 bits per heavy atom. The third-order valence-corrected chi connectivity index (χ3v) is 3.62. The number of hydrogen-bond acceptors (Lipinski definition) is 3. The first-order valence-corrected chi connectivity index (χ1v) is 6.87. The Morgan fingerprint density at radius 2 is 1.55 bits per heavy atom. The van der Waals surface area contributed by atoms with Crippen molar-refractivity contribution in [2.45, 2.75) is 25.6 Å². The quantitative estimate of drug-likeness (QED) is 0.793. The molecule has 2 aromatic rings. The Kier molecular flexibility index (Phi) is 3.24. The van der Waals surface area contributed by atoms with Gasteiger partial charge < -0.3 is 4.74 Å². The molecule has 1 aliphatic rings. The number of hydroxylamine groups is 2. The van der Waals surface area contributed by atoms with Crippen LogP contribution in [0.2, 0.25) is 0 Å². The molecular weight excluding hydrogens is 250 g/mol. The second kappa shape index (κ2) is 4.93. The Labute approximate surface area is 119 Å². The topological polar surface area (TPSA) is 24.8 Å². The minimum atomic E-state index is -0.457. The smallest absolute Gasteiger partial charge is 0.215 e. The molecule has 1 aliphatic heterocycles. The van der Waals surface area contributed by atoms with Crippen LogP contribution in [0, 0.1) is 0 Å². The summed E-state index contributed by atoms with van der Waals surface area (Å²) in [5.74, 6) is 0.855. The van der Waals surface area contributed by atoms with Gasteiger partial charge in [0.2, 0.25) is 5.72 Å². The standard InChI is InChI=1S/C17H19NO2/c1-13(2)18-17(20-18,14-7-5-4-6-8-14)15-9-11-16(19-3)12-10-15/h4-13H,1-3H3/t17-,18?/m1/s1. The molecule has 2 atom stereocenters. The highest BCUT2D eigenvalue weighted by molar-refractivity contribution is 5.41. The second-order valence-corrected chi connectivity index (χ2v) is 5.25. The van der Waals surface area contributed by atoms with Crippen LogP contribution in [0.15, 0.2) is 54.6 Å². The van der Waals surface area contributed by atoms with Crippen LogP contribution in [0.3, 0.4) is 0 Å². The van der Waals surface area contributed by atoms with Crippen molar-refractivity contribution in [3.63, 3.8) is 0 Å². The van der Waals surface area contributed by atoms with Crippen molar-refractivity contribution in [2.24, 2.45) is 0 Å². The molecule has 3 rings (SSSR count). The predicted octanol–water partition coefficient (Wildman–Crippen LogP) is 3.55. The highest BCUT2D eigenvalue weighted by Gasteiger charge is 2.59. The predicted molar refractivity (Wildman–Crippen MR) is 78.3 cm³/mol. The first-order valence-electron chi connectivity index (χ1n) is 6.87. The third kappa shape index (κ3) is 1.99. The van der Waals surface area contributed by atoms with Crippen LogP contribution >= 0.6 is 0 Å². The van der Waals surface area contributed by atoms with Crippen molar-refractivity contribution in [3.8, 4) is 5.75 Å². The molecule has 0 spiro atoms. The van der Waals surface area contributed by atoms with Gasteiger partial charge in [-0.15, -0.1) is 5.06 Å². The molecule has 104 valence electrons. The fraction of sp³-hybridized carbons (Fsp3) is 0.294. The summed E-state index contributed by atoms with van der Waals surface area (Å²) in [6, 6.07) is 18.7. The van der Waals surface area contributed by atoms with Crippen molar-refractivity contribution in [1.29, 1.82) is 0 Å². The summed E-state index contributed by atoms with van der Waals surface area (Å²) in [6.45, 7) is 4.27. The van der Waals surface area contributed by atoms with Crippen LogP contribution < -0.4 is 4.74 Å². The van der Waals surface area contributed by atoms with Gasteiger partial charge in [-0.25, -0.2) is 0 Å². The molecule has 0 aliphatic carbocycles. The Morgan fingerprint density at radius 3 is 2.05 bits per heavy atom. The Bertz CT molecular complexity index is 580. The van der Waals surface area contributed by atoms with Gasteiger partial charge in [0.15, 0.2) is 0 Å². The van der Waals surface area contributed by atoms with Crippen LogP contribution in [0.1, 0.15) is 25.0 Å². The summed E-state index contributed by atoms with van der Waals surface area (Å²) in [5.41, 5.74) is 1.82. The maximum atomic E-state index is 6.00. The lowest BCUT2D eigenvalue weighted by Crippen LogP contribution is -2.22. The van der Waals surface area contributed by atoms with Crippen LogP contribution in [-0.2, 0) is 10.6 Å². The van der Waals surface area contributed by atoms with E-state index in [2.05, 4.69) is 38.1 Å². The lowest BCUT2D eigenvalue weighted by molar-refractivity contribution is 0.162. The Balaban J connectivity index is 2.03. The lowest BCUT2D eigenvalue weighted by atomic mass is 9.96. The van der Waals surface area contributed by atoms with Crippen LogP contribution in [-0.4, -0.2) is 18.2 Å². The molecule has 2 aromatic carbocycles. The summed E-state index contributed by atoms with van der Waals surface area (Å²) in [6.07, 6.45) is 0. The molecule has 1 unspecified atom stereocenters. The lowest BCUT2D eigenvalue weighted by Gasteiger charge is -2.15. The molecule has 0 amide bonds. The van der Waals surface area contributed by atoms with E-state index >= 15 is 0 Å². The fourth-order valence-electron chi connectivity index (χ4n) is 2.60. The van der Waals surface area contributed by atoms with Gasteiger partial charge in [0.25, 0.3) is 0 Å². The van der Waals surface area contributed by atoms with E-state index in [1.807, 2.05) is 35.4 Å². The largest absolute Gasteiger partial charge is 0.497 e.